The molecule has 0 saturated carbocycles. The Labute approximate surface area is 141 Å². The van der Waals surface area contributed by atoms with Crippen molar-refractivity contribution in [2.75, 3.05) is 19.6 Å². The highest BCUT2D eigenvalue weighted by atomic mass is 79.9. The lowest BCUT2D eigenvalue weighted by Crippen LogP contribution is -2.46. The van der Waals surface area contributed by atoms with Crippen molar-refractivity contribution in [1.29, 1.82) is 0 Å². The Hall–Kier alpha value is -0.910. The minimum Gasteiger partial charge on any atom is -0.354 e. The lowest BCUT2D eigenvalue weighted by molar-refractivity contribution is -0.121. The first-order chi connectivity index (χ1) is 10.6. The fourth-order valence-corrected chi connectivity index (χ4v) is 3.57. The number of carbonyl (C=O) groups is 1. The van der Waals surface area contributed by atoms with E-state index in [9.17, 15) is 4.79 Å². The van der Waals surface area contributed by atoms with E-state index in [4.69, 9.17) is 5.73 Å². The van der Waals surface area contributed by atoms with E-state index in [1.54, 1.807) is 0 Å². The van der Waals surface area contributed by atoms with Crippen molar-refractivity contribution in [3.05, 3.63) is 33.8 Å². The lowest BCUT2D eigenvalue weighted by atomic mass is 10.0. The van der Waals surface area contributed by atoms with E-state index in [-0.39, 0.29) is 5.91 Å². The predicted molar refractivity (Wildman–Crippen MR) is 93.6 cm³/mol. The van der Waals surface area contributed by atoms with Crippen LogP contribution in [-0.2, 0) is 11.3 Å². The summed E-state index contributed by atoms with van der Waals surface area (Å²) in [6.45, 7) is 5.26. The standard InChI is InChI=1S/C17H26BrN3O/c1-13-5-6-14(16(18)10-13)12-21-9-3-2-4-15(21)11-20-17(22)7-8-19/h5-6,10,15H,2-4,7-9,11-12,19H2,1H3,(H,20,22). The van der Waals surface area contributed by atoms with E-state index in [0.717, 1.165) is 26.1 Å². The van der Waals surface area contributed by atoms with E-state index < -0.39 is 0 Å². The van der Waals surface area contributed by atoms with E-state index in [0.29, 0.717) is 19.0 Å². The van der Waals surface area contributed by atoms with Crippen LogP contribution in [0.25, 0.3) is 0 Å². The summed E-state index contributed by atoms with van der Waals surface area (Å²) in [6.07, 6.45) is 4.03. The molecule has 1 atom stereocenters. The number of aryl methyl sites for hydroxylation is 1. The first-order valence-electron chi connectivity index (χ1n) is 8.06. The molecule has 1 fully saturated rings. The molecule has 0 bridgehead atoms. The SMILES string of the molecule is Cc1ccc(CN2CCCCC2CNC(=O)CCN)c(Br)c1. The lowest BCUT2D eigenvalue weighted by Gasteiger charge is -2.36. The molecule has 5 heteroatoms. The van der Waals surface area contributed by atoms with Gasteiger partial charge in [-0.15, -0.1) is 0 Å². The Bertz CT molecular complexity index is 507. The van der Waals surface area contributed by atoms with Gasteiger partial charge in [0.15, 0.2) is 0 Å². The number of amides is 1. The zero-order chi connectivity index (χ0) is 15.9. The highest BCUT2D eigenvalue weighted by Gasteiger charge is 2.23. The summed E-state index contributed by atoms with van der Waals surface area (Å²) in [5.74, 6) is 0.0598. The minimum absolute atomic E-state index is 0.0598. The van der Waals surface area contributed by atoms with E-state index >= 15 is 0 Å². The van der Waals surface area contributed by atoms with Gasteiger partial charge in [0, 0.05) is 36.6 Å². The number of benzene rings is 1. The number of hydrogen-bond donors (Lipinski definition) is 2. The summed E-state index contributed by atoms with van der Waals surface area (Å²) < 4.78 is 1.17. The number of halogens is 1. The first kappa shape index (κ1) is 17.4. The molecule has 122 valence electrons. The van der Waals surface area contributed by atoms with Gasteiger partial charge in [-0.05, 0) is 43.5 Å². The summed E-state index contributed by atoms with van der Waals surface area (Å²) in [6, 6.07) is 6.93. The van der Waals surface area contributed by atoms with Gasteiger partial charge in [-0.1, -0.05) is 34.5 Å². The second-order valence-electron chi connectivity index (χ2n) is 6.06. The van der Waals surface area contributed by atoms with Crippen molar-refractivity contribution in [2.45, 2.75) is 45.2 Å². The van der Waals surface area contributed by atoms with Crippen molar-refractivity contribution in [2.24, 2.45) is 5.73 Å². The summed E-state index contributed by atoms with van der Waals surface area (Å²) in [4.78, 5) is 14.1. The van der Waals surface area contributed by atoms with Gasteiger partial charge >= 0.3 is 0 Å². The molecular weight excluding hydrogens is 342 g/mol. The van der Waals surface area contributed by atoms with Gasteiger partial charge in [0.2, 0.25) is 5.91 Å². The largest absolute Gasteiger partial charge is 0.354 e. The van der Waals surface area contributed by atoms with Crippen LogP contribution in [0.5, 0.6) is 0 Å². The van der Waals surface area contributed by atoms with Gasteiger partial charge < -0.3 is 11.1 Å². The average Bonchev–Trinajstić information content (AvgIpc) is 2.49. The monoisotopic (exact) mass is 367 g/mol. The molecule has 0 aliphatic carbocycles. The number of piperidine rings is 1. The van der Waals surface area contributed by atoms with Crippen molar-refractivity contribution in [3.8, 4) is 0 Å². The number of nitrogens with one attached hydrogen (secondary N) is 1. The maximum atomic E-state index is 11.6. The van der Waals surface area contributed by atoms with Crippen molar-refractivity contribution in [1.82, 2.24) is 10.2 Å². The molecule has 1 aliphatic heterocycles. The number of carbonyl (C=O) groups excluding carboxylic acids is 1. The van der Waals surface area contributed by atoms with Crippen LogP contribution in [0, 0.1) is 6.92 Å². The summed E-state index contributed by atoms with van der Waals surface area (Å²) in [5, 5.41) is 3.02. The number of nitrogens with two attached hydrogens (primary N) is 1. The Morgan fingerprint density at radius 2 is 2.27 bits per heavy atom. The highest BCUT2D eigenvalue weighted by Crippen LogP contribution is 2.24. The van der Waals surface area contributed by atoms with Crippen LogP contribution < -0.4 is 11.1 Å². The van der Waals surface area contributed by atoms with Crippen LogP contribution in [0.4, 0.5) is 0 Å². The van der Waals surface area contributed by atoms with Crippen LogP contribution >= 0.6 is 15.9 Å². The van der Waals surface area contributed by atoms with Gasteiger partial charge in [0.05, 0.1) is 0 Å². The van der Waals surface area contributed by atoms with Gasteiger partial charge in [-0.3, -0.25) is 9.69 Å². The number of likely N-dealkylation sites (tertiary alicyclic amines) is 1. The van der Waals surface area contributed by atoms with E-state index in [2.05, 4.69) is 51.3 Å². The quantitative estimate of drug-likeness (QED) is 0.812. The van der Waals surface area contributed by atoms with Crippen LogP contribution in [0.2, 0.25) is 0 Å². The molecule has 0 spiro atoms. The van der Waals surface area contributed by atoms with Crippen molar-refractivity contribution >= 4 is 21.8 Å². The minimum atomic E-state index is 0.0598. The fraction of sp³-hybridized carbons (Fsp3) is 0.588. The van der Waals surface area contributed by atoms with Crippen molar-refractivity contribution < 1.29 is 4.79 Å². The molecule has 4 nitrogen and oxygen atoms in total. The smallest absolute Gasteiger partial charge is 0.221 e. The van der Waals surface area contributed by atoms with Crippen molar-refractivity contribution in [3.63, 3.8) is 0 Å². The third-order valence-corrected chi connectivity index (χ3v) is 4.98. The first-order valence-corrected chi connectivity index (χ1v) is 8.85. The third-order valence-electron chi connectivity index (χ3n) is 4.24. The Balaban J connectivity index is 1.95. The molecule has 1 aliphatic rings. The molecule has 1 aromatic rings. The maximum Gasteiger partial charge on any atom is 0.221 e. The second kappa shape index (κ2) is 8.65. The molecule has 1 aromatic carbocycles. The third kappa shape index (κ3) is 5.07. The molecule has 2 rings (SSSR count). The molecule has 1 unspecified atom stereocenters. The maximum absolute atomic E-state index is 11.6. The summed E-state index contributed by atoms with van der Waals surface area (Å²) in [7, 11) is 0. The van der Waals surface area contributed by atoms with Crippen LogP contribution in [0.3, 0.4) is 0 Å². The van der Waals surface area contributed by atoms with Crippen LogP contribution in [0.15, 0.2) is 22.7 Å². The number of nitrogens with zero attached hydrogens (tertiary/aromatic N) is 1. The highest BCUT2D eigenvalue weighted by molar-refractivity contribution is 9.10. The van der Waals surface area contributed by atoms with Gasteiger partial charge in [-0.2, -0.15) is 0 Å². The molecular formula is C17H26BrN3O. The predicted octanol–water partition coefficient (Wildman–Crippen LogP) is 2.58. The Morgan fingerprint density at radius 1 is 1.45 bits per heavy atom. The Morgan fingerprint density at radius 3 is 3.00 bits per heavy atom. The van der Waals surface area contributed by atoms with E-state index in [1.165, 1.54) is 28.4 Å². The second-order valence-corrected chi connectivity index (χ2v) is 6.91. The average molecular weight is 368 g/mol. The van der Waals surface area contributed by atoms with Crippen LogP contribution in [0.1, 0.15) is 36.8 Å². The molecule has 1 heterocycles. The fourth-order valence-electron chi connectivity index (χ4n) is 2.95. The van der Waals surface area contributed by atoms with Gasteiger partial charge in [0.25, 0.3) is 0 Å². The van der Waals surface area contributed by atoms with Gasteiger partial charge in [0.1, 0.15) is 0 Å². The summed E-state index contributed by atoms with van der Waals surface area (Å²) in [5.41, 5.74) is 7.99. The molecule has 1 saturated heterocycles. The summed E-state index contributed by atoms with van der Waals surface area (Å²) >= 11 is 3.67. The zero-order valence-electron chi connectivity index (χ0n) is 13.3. The molecule has 22 heavy (non-hydrogen) atoms. The number of hydrogen-bond acceptors (Lipinski definition) is 3. The van der Waals surface area contributed by atoms with Crippen LogP contribution in [-0.4, -0.2) is 36.5 Å². The normalized spacial score (nSPS) is 19.1. The van der Waals surface area contributed by atoms with E-state index in [1.807, 2.05) is 0 Å². The van der Waals surface area contributed by atoms with Gasteiger partial charge in [-0.25, -0.2) is 0 Å². The topological polar surface area (TPSA) is 58.4 Å². The molecule has 1 amide bonds. The molecule has 0 radical (unpaired) electrons. The molecule has 3 N–H and O–H groups in total. The molecule has 0 aromatic heterocycles. The Kier molecular flexibility index (Phi) is 6.86. The zero-order valence-corrected chi connectivity index (χ0v) is 14.9. The number of rotatable bonds is 6.